The second-order valence-electron chi connectivity index (χ2n) is 4.82. The van der Waals surface area contributed by atoms with Crippen LogP contribution in [0.3, 0.4) is 0 Å². The maximum Gasteiger partial charge on any atom is 0.270 e. The second-order valence-corrected chi connectivity index (χ2v) is 4.82. The Kier molecular flexibility index (Phi) is 3.84. The molecule has 1 aliphatic heterocycles. The van der Waals surface area contributed by atoms with Crippen molar-refractivity contribution in [2.45, 2.75) is 12.8 Å². The highest BCUT2D eigenvalue weighted by Gasteiger charge is 2.24. The Morgan fingerprint density at radius 2 is 2.41 bits per heavy atom. The summed E-state index contributed by atoms with van der Waals surface area (Å²) < 4.78 is 1.89. The minimum Gasteiger partial charge on any atom is -0.347 e. The van der Waals surface area contributed by atoms with Crippen LogP contribution in [0.1, 0.15) is 23.3 Å². The van der Waals surface area contributed by atoms with E-state index in [1.54, 1.807) is 0 Å². The molecule has 1 saturated heterocycles. The Balaban J connectivity index is 2.02. The van der Waals surface area contributed by atoms with Crippen LogP contribution in [0.4, 0.5) is 0 Å². The number of likely N-dealkylation sites (tertiary alicyclic amines) is 1. The number of aryl methyl sites for hydroxylation is 1. The van der Waals surface area contributed by atoms with Crippen LogP contribution in [0.25, 0.3) is 0 Å². The summed E-state index contributed by atoms with van der Waals surface area (Å²) in [6.45, 7) is 2.77. The molecule has 1 aromatic heterocycles. The zero-order valence-corrected chi connectivity index (χ0v) is 10.6. The fourth-order valence-electron chi connectivity index (χ4n) is 2.55. The fourth-order valence-corrected chi connectivity index (χ4v) is 2.55. The van der Waals surface area contributed by atoms with Crippen LogP contribution in [0.2, 0.25) is 0 Å². The third-order valence-corrected chi connectivity index (χ3v) is 3.46. The van der Waals surface area contributed by atoms with Gasteiger partial charge in [0.05, 0.1) is 0 Å². The van der Waals surface area contributed by atoms with Gasteiger partial charge in [0.25, 0.3) is 5.91 Å². The minimum atomic E-state index is 0.165. The Morgan fingerprint density at radius 3 is 3.06 bits per heavy atom. The lowest BCUT2D eigenvalue weighted by Crippen LogP contribution is -2.43. The summed E-state index contributed by atoms with van der Waals surface area (Å²) in [7, 11) is 3.89. The van der Waals surface area contributed by atoms with Gasteiger partial charge < -0.3 is 14.8 Å². The fraction of sp³-hybridized carbons (Fsp3) is 0.615. The van der Waals surface area contributed by atoms with Gasteiger partial charge in [-0.25, -0.2) is 0 Å². The molecule has 2 rings (SSSR count). The Hall–Kier alpha value is -1.29. The molecule has 1 aliphatic rings. The highest BCUT2D eigenvalue weighted by molar-refractivity contribution is 5.92. The van der Waals surface area contributed by atoms with Crippen molar-refractivity contribution in [2.75, 3.05) is 26.7 Å². The number of hydrogen-bond donors (Lipinski definition) is 1. The van der Waals surface area contributed by atoms with Gasteiger partial charge in [-0.3, -0.25) is 4.79 Å². The number of hydrogen-bond acceptors (Lipinski definition) is 2. The van der Waals surface area contributed by atoms with Crippen molar-refractivity contribution in [2.24, 2.45) is 13.0 Å². The van der Waals surface area contributed by atoms with Crippen LogP contribution in [0.15, 0.2) is 18.3 Å². The van der Waals surface area contributed by atoms with Gasteiger partial charge in [0, 0.05) is 26.3 Å². The molecule has 0 radical (unpaired) electrons. The lowest BCUT2D eigenvalue weighted by molar-refractivity contribution is 0.0664. The van der Waals surface area contributed by atoms with E-state index in [4.69, 9.17) is 0 Å². The van der Waals surface area contributed by atoms with E-state index in [2.05, 4.69) is 5.32 Å². The quantitative estimate of drug-likeness (QED) is 0.851. The molecule has 94 valence electrons. The molecule has 4 heteroatoms. The van der Waals surface area contributed by atoms with Crippen LogP contribution in [0.5, 0.6) is 0 Å². The van der Waals surface area contributed by atoms with Gasteiger partial charge in [-0.2, -0.15) is 0 Å². The molecular weight excluding hydrogens is 214 g/mol. The van der Waals surface area contributed by atoms with Crippen LogP contribution in [-0.4, -0.2) is 42.1 Å². The summed E-state index contributed by atoms with van der Waals surface area (Å²) in [4.78, 5) is 14.3. The van der Waals surface area contributed by atoms with E-state index in [0.29, 0.717) is 5.92 Å². The van der Waals surface area contributed by atoms with Crippen LogP contribution >= 0.6 is 0 Å². The summed E-state index contributed by atoms with van der Waals surface area (Å²) in [5.74, 6) is 0.760. The third kappa shape index (κ3) is 2.69. The lowest BCUT2D eigenvalue weighted by Gasteiger charge is -2.32. The van der Waals surface area contributed by atoms with Gasteiger partial charge in [-0.1, -0.05) is 0 Å². The van der Waals surface area contributed by atoms with E-state index < -0.39 is 0 Å². The van der Waals surface area contributed by atoms with Crippen molar-refractivity contribution in [3.05, 3.63) is 24.0 Å². The number of rotatable bonds is 3. The first-order valence-electron chi connectivity index (χ1n) is 6.27. The van der Waals surface area contributed by atoms with Crippen molar-refractivity contribution in [3.8, 4) is 0 Å². The van der Waals surface area contributed by atoms with Crippen LogP contribution in [0, 0.1) is 5.92 Å². The second kappa shape index (κ2) is 5.36. The summed E-state index contributed by atoms with van der Waals surface area (Å²) in [5.41, 5.74) is 0.787. The summed E-state index contributed by atoms with van der Waals surface area (Å²) >= 11 is 0. The third-order valence-electron chi connectivity index (χ3n) is 3.46. The van der Waals surface area contributed by atoms with Crippen molar-refractivity contribution < 1.29 is 4.79 Å². The van der Waals surface area contributed by atoms with Gasteiger partial charge in [-0.05, 0) is 44.5 Å². The van der Waals surface area contributed by atoms with Crippen LogP contribution < -0.4 is 5.32 Å². The average Bonchev–Trinajstić information content (AvgIpc) is 2.75. The summed E-state index contributed by atoms with van der Waals surface area (Å²) in [5, 5.41) is 3.20. The number of piperidine rings is 1. The lowest BCUT2D eigenvalue weighted by atomic mass is 9.98. The van der Waals surface area contributed by atoms with E-state index in [9.17, 15) is 4.79 Å². The summed E-state index contributed by atoms with van der Waals surface area (Å²) in [6.07, 6.45) is 4.25. The first-order chi connectivity index (χ1) is 8.22. The topological polar surface area (TPSA) is 37.3 Å². The molecule has 17 heavy (non-hydrogen) atoms. The summed E-state index contributed by atoms with van der Waals surface area (Å²) in [6, 6.07) is 3.81. The van der Waals surface area contributed by atoms with Crippen molar-refractivity contribution >= 4 is 5.91 Å². The predicted octanol–water partition coefficient (Wildman–Crippen LogP) is 1.10. The molecule has 4 nitrogen and oxygen atoms in total. The number of nitrogens with one attached hydrogen (secondary N) is 1. The van der Waals surface area contributed by atoms with Crippen LogP contribution in [-0.2, 0) is 7.05 Å². The maximum atomic E-state index is 12.3. The molecular formula is C13H21N3O. The molecule has 0 aromatic carbocycles. The largest absolute Gasteiger partial charge is 0.347 e. The highest BCUT2D eigenvalue weighted by Crippen LogP contribution is 2.18. The number of amides is 1. The Bertz CT molecular complexity index is 384. The molecule has 0 spiro atoms. The molecule has 1 fully saturated rings. The average molecular weight is 235 g/mol. The monoisotopic (exact) mass is 235 g/mol. The predicted molar refractivity (Wildman–Crippen MR) is 68.0 cm³/mol. The molecule has 0 aliphatic carbocycles. The van der Waals surface area contributed by atoms with Gasteiger partial charge in [0.1, 0.15) is 5.69 Å². The molecule has 1 atom stereocenters. The van der Waals surface area contributed by atoms with E-state index in [0.717, 1.165) is 31.7 Å². The molecule has 1 N–H and O–H groups in total. The molecule has 1 aromatic rings. The highest BCUT2D eigenvalue weighted by atomic mass is 16.2. The minimum absolute atomic E-state index is 0.165. The first-order valence-corrected chi connectivity index (χ1v) is 6.27. The van der Waals surface area contributed by atoms with Gasteiger partial charge in [0.2, 0.25) is 0 Å². The van der Waals surface area contributed by atoms with Crippen molar-refractivity contribution in [3.63, 3.8) is 0 Å². The number of carbonyl (C=O) groups excluding carboxylic acids is 1. The molecule has 0 bridgehead atoms. The van der Waals surface area contributed by atoms with E-state index >= 15 is 0 Å². The van der Waals surface area contributed by atoms with Gasteiger partial charge in [-0.15, -0.1) is 0 Å². The first kappa shape index (κ1) is 12.2. The van der Waals surface area contributed by atoms with E-state index in [1.165, 1.54) is 6.42 Å². The van der Waals surface area contributed by atoms with Gasteiger partial charge >= 0.3 is 0 Å². The van der Waals surface area contributed by atoms with Crippen molar-refractivity contribution in [1.82, 2.24) is 14.8 Å². The molecule has 1 unspecified atom stereocenters. The van der Waals surface area contributed by atoms with Crippen molar-refractivity contribution in [1.29, 1.82) is 0 Å². The zero-order valence-electron chi connectivity index (χ0n) is 10.6. The molecule has 0 saturated carbocycles. The molecule has 1 amide bonds. The van der Waals surface area contributed by atoms with E-state index in [-0.39, 0.29) is 5.91 Å². The SMILES string of the molecule is CNCC1CCCN(C(=O)c2cccn2C)C1. The van der Waals surface area contributed by atoms with E-state index in [1.807, 2.05) is 41.9 Å². The standard InChI is InChI=1S/C13H21N3O/c1-14-9-11-5-3-8-16(10-11)13(17)12-6-4-7-15(12)2/h4,6-7,11,14H,3,5,8-10H2,1-2H3. The Labute approximate surface area is 103 Å². The maximum absolute atomic E-state index is 12.3. The number of nitrogens with zero attached hydrogens (tertiary/aromatic N) is 2. The zero-order chi connectivity index (χ0) is 12.3. The number of aromatic nitrogens is 1. The normalized spacial score (nSPS) is 20.6. The van der Waals surface area contributed by atoms with Gasteiger partial charge in [0.15, 0.2) is 0 Å². The Morgan fingerprint density at radius 1 is 1.59 bits per heavy atom. The molecule has 2 heterocycles. The number of carbonyl (C=O) groups is 1. The smallest absolute Gasteiger partial charge is 0.270 e.